The Bertz CT molecular complexity index is 769. The van der Waals surface area contributed by atoms with Crippen molar-refractivity contribution in [3.8, 4) is 0 Å². The number of esters is 1. The van der Waals surface area contributed by atoms with Gasteiger partial charge in [0.1, 0.15) is 5.00 Å². The van der Waals surface area contributed by atoms with E-state index in [0.717, 1.165) is 36.1 Å². The molecule has 0 aromatic carbocycles. The molecule has 0 radical (unpaired) electrons. The Morgan fingerprint density at radius 2 is 1.82 bits per heavy atom. The first kappa shape index (κ1) is 20.8. The summed E-state index contributed by atoms with van der Waals surface area (Å²) < 4.78 is 5.29. The summed E-state index contributed by atoms with van der Waals surface area (Å²) in [6.07, 6.45) is 5.05. The van der Waals surface area contributed by atoms with Gasteiger partial charge in [0.25, 0.3) is 5.91 Å². The second-order valence-electron chi connectivity index (χ2n) is 8.27. The molecule has 6 nitrogen and oxygen atoms in total. The standard InChI is InChI=1S/C21H30N2O4S/c1-11-6-5-7-16(12(11)2)22-17(24)10-27-21(26)18-13(3)14(4)28-20(18)23-19(25)15-8-9-15/h11-12,15-16H,5-10H2,1-4H3,(H,22,24)(H,23,25)/t11-,12-,16+/m0/s1. The highest BCUT2D eigenvalue weighted by Crippen LogP contribution is 2.36. The quantitative estimate of drug-likeness (QED) is 0.704. The van der Waals surface area contributed by atoms with Crippen LogP contribution < -0.4 is 10.6 Å². The van der Waals surface area contributed by atoms with Gasteiger partial charge in [-0.3, -0.25) is 9.59 Å². The predicted molar refractivity (Wildman–Crippen MR) is 110 cm³/mol. The van der Waals surface area contributed by atoms with Gasteiger partial charge in [0.15, 0.2) is 6.61 Å². The first-order valence-electron chi connectivity index (χ1n) is 10.1. The normalized spacial score (nSPS) is 24.5. The van der Waals surface area contributed by atoms with E-state index in [1.54, 1.807) is 0 Å². The molecule has 2 aliphatic carbocycles. The van der Waals surface area contributed by atoms with Gasteiger partial charge in [0, 0.05) is 16.8 Å². The fourth-order valence-electron chi connectivity index (χ4n) is 3.76. The third-order valence-electron chi connectivity index (χ3n) is 6.16. The Morgan fingerprint density at radius 1 is 1.11 bits per heavy atom. The van der Waals surface area contributed by atoms with Gasteiger partial charge in [-0.1, -0.05) is 26.7 Å². The summed E-state index contributed by atoms with van der Waals surface area (Å²) in [4.78, 5) is 38.0. The predicted octanol–water partition coefficient (Wildman–Crippen LogP) is 3.81. The number of amides is 2. The number of aryl methyl sites for hydroxylation is 1. The molecule has 1 heterocycles. The number of thiophene rings is 1. The van der Waals surface area contributed by atoms with Crippen LogP contribution in [0.15, 0.2) is 0 Å². The van der Waals surface area contributed by atoms with Gasteiger partial charge in [0.2, 0.25) is 5.91 Å². The van der Waals surface area contributed by atoms with E-state index in [0.29, 0.717) is 22.4 Å². The lowest BCUT2D eigenvalue weighted by Gasteiger charge is -2.34. The van der Waals surface area contributed by atoms with Crippen LogP contribution >= 0.6 is 11.3 Å². The van der Waals surface area contributed by atoms with E-state index < -0.39 is 5.97 Å². The van der Waals surface area contributed by atoms with E-state index in [-0.39, 0.29) is 30.4 Å². The summed E-state index contributed by atoms with van der Waals surface area (Å²) >= 11 is 1.37. The second-order valence-corrected chi connectivity index (χ2v) is 9.49. The zero-order chi connectivity index (χ0) is 20.4. The molecule has 0 unspecified atom stereocenters. The largest absolute Gasteiger partial charge is 0.452 e. The van der Waals surface area contributed by atoms with Crippen molar-refractivity contribution in [2.24, 2.45) is 17.8 Å². The molecule has 1 aromatic rings. The number of hydrogen-bond acceptors (Lipinski definition) is 5. The molecule has 154 valence electrons. The maximum atomic E-state index is 12.6. The minimum Gasteiger partial charge on any atom is -0.452 e. The third-order valence-corrected chi connectivity index (χ3v) is 7.28. The van der Waals surface area contributed by atoms with E-state index in [2.05, 4.69) is 24.5 Å². The molecule has 2 fully saturated rings. The number of carbonyl (C=O) groups excluding carboxylic acids is 3. The number of nitrogens with one attached hydrogen (secondary N) is 2. The molecule has 3 rings (SSSR count). The van der Waals surface area contributed by atoms with Crippen LogP contribution in [0.2, 0.25) is 0 Å². The molecule has 0 aliphatic heterocycles. The lowest BCUT2D eigenvalue weighted by Crippen LogP contribution is -2.45. The van der Waals surface area contributed by atoms with Gasteiger partial charge in [0.05, 0.1) is 5.56 Å². The summed E-state index contributed by atoms with van der Waals surface area (Å²) in [5.41, 5.74) is 1.15. The van der Waals surface area contributed by atoms with E-state index in [1.807, 2.05) is 13.8 Å². The van der Waals surface area contributed by atoms with Crippen LogP contribution in [0.1, 0.15) is 66.8 Å². The molecule has 28 heavy (non-hydrogen) atoms. The minimum atomic E-state index is -0.562. The van der Waals surface area contributed by atoms with E-state index in [1.165, 1.54) is 17.8 Å². The molecule has 3 atom stereocenters. The highest BCUT2D eigenvalue weighted by molar-refractivity contribution is 7.16. The average molecular weight is 407 g/mol. The highest BCUT2D eigenvalue weighted by atomic mass is 32.1. The van der Waals surface area contributed by atoms with E-state index in [4.69, 9.17) is 4.74 Å². The fraction of sp³-hybridized carbons (Fsp3) is 0.667. The van der Waals surface area contributed by atoms with E-state index >= 15 is 0 Å². The number of anilines is 1. The zero-order valence-electron chi connectivity index (χ0n) is 17.1. The summed E-state index contributed by atoms with van der Waals surface area (Å²) in [7, 11) is 0. The molecule has 0 spiro atoms. The molecule has 0 bridgehead atoms. The lowest BCUT2D eigenvalue weighted by molar-refractivity contribution is -0.125. The Kier molecular flexibility index (Phi) is 6.43. The SMILES string of the molecule is Cc1sc(NC(=O)C2CC2)c(C(=O)OCC(=O)N[C@@H]2CCC[C@H](C)[C@@H]2C)c1C. The van der Waals surface area contributed by atoms with Crippen LogP contribution in [-0.2, 0) is 14.3 Å². The maximum Gasteiger partial charge on any atom is 0.341 e. The molecule has 2 amide bonds. The minimum absolute atomic E-state index is 0.0477. The Hall–Kier alpha value is -1.89. The van der Waals surface area contributed by atoms with Crippen LogP contribution in [-0.4, -0.2) is 30.4 Å². The first-order valence-corrected chi connectivity index (χ1v) is 11.0. The summed E-state index contributed by atoms with van der Waals surface area (Å²) in [5, 5.41) is 6.39. The number of rotatable bonds is 6. The van der Waals surface area contributed by atoms with Crippen LogP contribution in [0, 0.1) is 31.6 Å². The Morgan fingerprint density at radius 3 is 2.50 bits per heavy atom. The summed E-state index contributed by atoms with van der Waals surface area (Å²) in [6.45, 7) is 7.80. The Labute approximate surface area is 170 Å². The maximum absolute atomic E-state index is 12.6. The molecule has 0 saturated heterocycles. The van der Waals surface area contributed by atoms with Crippen molar-refractivity contribution in [1.29, 1.82) is 0 Å². The molecule has 7 heteroatoms. The van der Waals surface area contributed by atoms with Crippen molar-refractivity contribution in [2.75, 3.05) is 11.9 Å². The smallest absolute Gasteiger partial charge is 0.341 e. The second kappa shape index (κ2) is 8.64. The van der Waals surface area contributed by atoms with Crippen LogP contribution in [0.3, 0.4) is 0 Å². The lowest BCUT2D eigenvalue weighted by atomic mass is 9.78. The molecule has 1 aromatic heterocycles. The Balaban J connectivity index is 1.58. The highest BCUT2D eigenvalue weighted by Gasteiger charge is 2.32. The first-order chi connectivity index (χ1) is 13.3. The zero-order valence-corrected chi connectivity index (χ0v) is 17.9. The van der Waals surface area contributed by atoms with Gasteiger partial charge in [-0.2, -0.15) is 0 Å². The van der Waals surface area contributed by atoms with Crippen LogP contribution in [0.5, 0.6) is 0 Å². The topological polar surface area (TPSA) is 84.5 Å². The van der Waals surface area contributed by atoms with Gasteiger partial charge < -0.3 is 15.4 Å². The van der Waals surface area contributed by atoms with Crippen molar-refractivity contribution in [1.82, 2.24) is 5.32 Å². The van der Waals surface area contributed by atoms with Crippen molar-refractivity contribution in [3.63, 3.8) is 0 Å². The third kappa shape index (κ3) is 4.74. The molecule has 2 saturated carbocycles. The van der Waals surface area contributed by atoms with Gasteiger partial charge >= 0.3 is 5.97 Å². The molecular weight excluding hydrogens is 376 g/mol. The van der Waals surface area contributed by atoms with Gasteiger partial charge in [-0.15, -0.1) is 11.3 Å². The van der Waals surface area contributed by atoms with Crippen molar-refractivity contribution in [2.45, 2.75) is 65.8 Å². The fourth-order valence-corrected chi connectivity index (χ4v) is 4.81. The summed E-state index contributed by atoms with van der Waals surface area (Å²) in [5.74, 6) is 0.168. The number of ether oxygens (including phenoxy) is 1. The van der Waals surface area contributed by atoms with Gasteiger partial charge in [-0.25, -0.2) is 4.79 Å². The monoisotopic (exact) mass is 406 g/mol. The van der Waals surface area contributed by atoms with Gasteiger partial charge in [-0.05, 0) is 50.5 Å². The average Bonchev–Trinajstić information content (AvgIpc) is 3.45. The molecular formula is C21H30N2O4S. The van der Waals surface area contributed by atoms with Crippen molar-refractivity contribution in [3.05, 3.63) is 16.0 Å². The van der Waals surface area contributed by atoms with Crippen LogP contribution in [0.25, 0.3) is 0 Å². The van der Waals surface area contributed by atoms with Crippen LogP contribution in [0.4, 0.5) is 5.00 Å². The molecule has 2 N–H and O–H groups in total. The molecule has 2 aliphatic rings. The number of hydrogen-bond donors (Lipinski definition) is 2. The van der Waals surface area contributed by atoms with E-state index in [9.17, 15) is 14.4 Å². The van der Waals surface area contributed by atoms with Crippen molar-refractivity contribution >= 4 is 34.1 Å². The number of carbonyl (C=O) groups is 3. The summed E-state index contributed by atoms with van der Waals surface area (Å²) in [6, 6.07) is 0.133. The van der Waals surface area contributed by atoms with Crippen molar-refractivity contribution < 1.29 is 19.1 Å².